The first-order chi connectivity index (χ1) is 9.07. The molecule has 0 aliphatic carbocycles. The highest BCUT2D eigenvalue weighted by atomic mass is 28.3. The average molecular weight is 292 g/mol. The van der Waals surface area contributed by atoms with Crippen molar-refractivity contribution in [2.75, 3.05) is 0 Å². The molecule has 0 bridgehead atoms. The van der Waals surface area contributed by atoms with Gasteiger partial charge in [0.1, 0.15) is 5.78 Å². The fourth-order valence-electron chi connectivity index (χ4n) is 2.65. The van der Waals surface area contributed by atoms with Crippen molar-refractivity contribution in [2.24, 2.45) is 0 Å². The molecule has 0 aliphatic rings. The number of carbonyl (C=O) groups is 1. The highest BCUT2D eigenvalue weighted by molar-refractivity contribution is 6.84. The number of ketones is 1. The number of hydrogen-bond acceptors (Lipinski definition) is 2. The zero-order chi connectivity index (χ0) is 15.6. The van der Waals surface area contributed by atoms with E-state index in [1.165, 1.54) is 0 Å². The summed E-state index contributed by atoms with van der Waals surface area (Å²) in [5.41, 5.74) is 0.810. The van der Waals surface area contributed by atoms with E-state index in [9.17, 15) is 9.90 Å². The third-order valence-electron chi connectivity index (χ3n) is 4.76. The second-order valence-electron chi connectivity index (χ2n) is 7.32. The molecule has 0 fully saturated rings. The highest BCUT2D eigenvalue weighted by Gasteiger charge is 2.47. The summed E-state index contributed by atoms with van der Waals surface area (Å²) >= 11 is 0. The monoisotopic (exact) mass is 292 g/mol. The van der Waals surface area contributed by atoms with E-state index >= 15 is 0 Å². The molecular weight excluding hydrogens is 264 g/mol. The maximum absolute atomic E-state index is 12.7. The smallest absolute Gasteiger partial charge is 0.140 e. The summed E-state index contributed by atoms with van der Waals surface area (Å²) in [6.07, 6.45) is -0.157. The predicted molar refractivity (Wildman–Crippen MR) is 87.8 cm³/mol. The molecule has 1 rings (SSSR count). The van der Waals surface area contributed by atoms with E-state index in [4.69, 9.17) is 0 Å². The quantitative estimate of drug-likeness (QED) is 0.831. The number of carbonyl (C=O) groups excluding carboxylic acids is 1. The van der Waals surface area contributed by atoms with Crippen molar-refractivity contribution in [1.82, 2.24) is 0 Å². The minimum atomic E-state index is -1.91. The number of rotatable bonds is 5. The topological polar surface area (TPSA) is 37.3 Å². The molecule has 0 aliphatic heterocycles. The summed E-state index contributed by atoms with van der Waals surface area (Å²) in [4.78, 5) is 12.7. The van der Waals surface area contributed by atoms with Gasteiger partial charge in [-0.3, -0.25) is 4.79 Å². The molecule has 2 nitrogen and oxygen atoms in total. The molecule has 0 amide bonds. The van der Waals surface area contributed by atoms with E-state index in [1.807, 2.05) is 30.3 Å². The molecule has 0 radical (unpaired) electrons. The Morgan fingerprint density at radius 2 is 1.70 bits per heavy atom. The molecule has 0 heterocycles. The maximum Gasteiger partial charge on any atom is 0.140 e. The van der Waals surface area contributed by atoms with Gasteiger partial charge in [0.15, 0.2) is 0 Å². The van der Waals surface area contributed by atoms with Crippen LogP contribution in [0.5, 0.6) is 0 Å². The first kappa shape index (κ1) is 17.1. The van der Waals surface area contributed by atoms with Crippen LogP contribution in [-0.2, 0) is 11.2 Å². The normalized spacial score (nSPS) is 15.8. The second-order valence-corrected chi connectivity index (χ2v) is 12.9. The summed E-state index contributed by atoms with van der Waals surface area (Å²) in [5.74, 6) is 0.179. The Morgan fingerprint density at radius 1 is 1.20 bits per heavy atom. The van der Waals surface area contributed by atoms with Gasteiger partial charge in [0.05, 0.1) is 14.2 Å². The first-order valence-corrected chi connectivity index (χ1v) is 10.4. The lowest BCUT2D eigenvalue weighted by molar-refractivity contribution is -0.120. The highest BCUT2D eigenvalue weighted by Crippen LogP contribution is 2.45. The van der Waals surface area contributed by atoms with Gasteiger partial charge in [0.2, 0.25) is 0 Å². The third-order valence-corrected chi connectivity index (χ3v) is 11.0. The van der Waals surface area contributed by atoms with Gasteiger partial charge in [0.25, 0.3) is 0 Å². The molecular formula is C17H28O2Si. The van der Waals surface area contributed by atoms with E-state index in [-0.39, 0.29) is 16.4 Å². The van der Waals surface area contributed by atoms with Crippen molar-refractivity contribution < 1.29 is 9.90 Å². The van der Waals surface area contributed by atoms with Gasteiger partial charge in [-0.05, 0) is 17.5 Å². The first-order valence-electron chi connectivity index (χ1n) is 7.32. The van der Waals surface area contributed by atoms with Gasteiger partial charge in [-0.1, -0.05) is 64.2 Å². The van der Waals surface area contributed by atoms with Gasteiger partial charge in [-0.25, -0.2) is 0 Å². The maximum atomic E-state index is 12.7. The van der Waals surface area contributed by atoms with Crippen LogP contribution in [0.15, 0.2) is 30.3 Å². The molecule has 112 valence electrons. The largest absolute Gasteiger partial charge is 0.393 e. The van der Waals surface area contributed by atoms with Crippen LogP contribution >= 0.6 is 0 Å². The van der Waals surface area contributed by atoms with Crippen LogP contribution in [0.25, 0.3) is 0 Å². The summed E-state index contributed by atoms with van der Waals surface area (Å²) in [5, 5.41) is 10.3. The molecule has 0 aromatic heterocycles. The van der Waals surface area contributed by atoms with Gasteiger partial charge in [-0.15, -0.1) is 0 Å². The van der Waals surface area contributed by atoms with Crippen LogP contribution in [0.2, 0.25) is 23.7 Å². The van der Waals surface area contributed by atoms with Gasteiger partial charge in [0, 0.05) is 12.0 Å². The number of aliphatic hydroxyl groups is 1. The lowest BCUT2D eigenvalue weighted by Crippen LogP contribution is -2.49. The van der Waals surface area contributed by atoms with E-state index in [0.717, 1.165) is 5.56 Å². The number of Topliss-reactive ketones (excluding diaryl/α,β-unsaturated/α-hetero) is 1. The zero-order valence-corrected chi connectivity index (χ0v) is 14.6. The Hall–Kier alpha value is -0.933. The lowest BCUT2D eigenvalue weighted by atomic mass is 10.0. The summed E-state index contributed by atoms with van der Waals surface area (Å²) < 4.78 is 0. The van der Waals surface area contributed by atoms with Crippen LogP contribution in [0.3, 0.4) is 0 Å². The molecule has 0 spiro atoms. The molecule has 0 saturated carbocycles. The molecule has 1 aromatic carbocycles. The van der Waals surface area contributed by atoms with E-state index in [1.54, 1.807) is 6.92 Å². The Morgan fingerprint density at radius 3 is 2.10 bits per heavy atom. The van der Waals surface area contributed by atoms with E-state index in [2.05, 4.69) is 33.9 Å². The van der Waals surface area contributed by atoms with Crippen molar-refractivity contribution in [3.05, 3.63) is 35.9 Å². The van der Waals surface area contributed by atoms with Crippen LogP contribution in [-0.4, -0.2) is 25.1 Å². The van der Waals surface area contributed by atoms with E-state index < -0.39 is 14.2 Å². The van der Waals surface area contributed by atoms with Crippen LogP contribution in [0.4, 0.5) is 0 Å². The van der Waals surface area contributed by atoms with Gasteiger partial charge in [-0.2, -0.15) is 0 Å². The number of hydrogen-bond donors (Lipinski definition) is 1. The Bertz CT molecular complexity index is 444. The van der Waals surface area contributed by atoms with Crippen molar-refractivity contribution in [3.63, 3.8) is 0 Å². The standard InChI is InChI=1S/C17H28O2Si/c1-13(18)16(20(5,6)17(2,3)4)15(19)12-14-10-8-7-9-11-14/h7-11,13,16,18H,12H2,1-6H3/t13-,16+/m1/s1. The molecule has 0 saturated heterocycles. The van der Waals surface area contributed by atoms with Crippen molar-refractivity contribution in [1.29, 1.82) is 0 Å². The molecule has 1 N–H and O–H groups in total. The third kappa shape index (κ3) is 3.80. The van der Waals surface area contributed by atoms with Crippen LogP contribution < -0.4 is 0 Å². The summed E-state index contributed by atoms with van der Waals surface area (Å²) in [7, 11) is -1.91. The molecule has 3 heteroatoms. The summed E-state index contributed by atoms with van der Waals surface area (Å²) in [6, 6.07) is 9.80. The van der Waals surface area contributed by atoms with E-state index in [0.29, 0.717) is 6.42 Å². The van der Waals surface area contributed by atoms with Crippen molar-refractivity contribution in [3.8, 4) is 0 Å². The Kier molecular flexibility index (Phi) is 5.33. The van der Waals surface area contributed by atoms with Crippen molar-refractivity contribution in [2.45, 2.75) is 63.9 Å². The fraction of sp³-hybridized carbons (Fsp3) is 0.588. The molecule has 1 aromatic rings. The Labute approximate surface area is 124 Å². The van der Waals surface area contributed by atoms with Gasteiger partial charge < -0.3 is 5.11 Å². The number of aliphatic hydroxyl groups excluding tert-OH is 1. The minimum Gasteiger partial charge on any atom is -0.393 e. The molecule has 2 atom stereocenters. The second kappa shape index (κ2) is 6.23. The molecule has 20 heavy (non-hydrogen) atoms. The van der Waals surface area contributed by atoms with Gasteiger partial charge >= 0.3 is 0 Å². The molecule has 0 unspecified atom stereocenters. The van der Waals surface area contributed by atoms with Crippen molar-refractivity contribution >= 4 is 13.9 Å². The van der Waals surface area contributed by atoms with Crippen LogP contribution in [0, 0.1) is 0 Å². The number of benzene rings is 1. The SMILES string of the molecule is C[C@@H](O)[C@@H](C(=O)Cc1ccccc1)[Si](C)(C)C(C)(C)C. The lowest BCUT2D eigenvalue weighted by Gasteiger charge is -2.43. The predicted octanol–water partition coefficient (Wildman–Crippen LogP) is 4.06. The summed E-state index contributed by atoms with van der Waals surface area (Å²) in [6.45, 7) is 12.7. The average Bonchev–Trinajstić information content (AvgIpc) is 2.27. The minimum absolute atomic E-state index is 0.0843. The fourth-order valence-corrected chi connectivity index (χ4v) is 5.69. The zero-order valence-electron chi connectivity index (χ0n) is 13.6. The Balaban J connectivity index is 3.01. The van der Waals surface area contributed by atoms with Crippen LogP contribution in [0.1, 0.15) is 33.3 Å².